The molecule has 0 spiro atoms. The highest BCUT2D eigenvalue weighted by Gasteiger charge is 2.00. The van der Waals surface area contributed by atoms with E-state index >= 15 is 0 Å². The van der Waals surface area contributed by atoms with E-state index in [1.165, 1.54) is 4.91 Å². The number of hydrogen-bond donors (Lipinski definition) is 2. The van der Waals surface area contributed by atoms with Gasteiger partial charge in [-0.05, 0) is 42.6 Å². The largest absolute Gasteiger partial charge is 0.392 e. The first-order valence-corrected chi connectivity index (χ1v) is 10.8. The van der Waals surface area contributed by atoms with Gasteiger partial charge in [0.25, 0.3) is 0 Å². The first-order chi connectivity index (χ1) is 13.2. The molecule has 144 valence electrons. The maximum absolute atomic E-state index is 10.3. The van der Waals surface area contributed by atoms with Crippen molar-refractivity contribution in [3.8, 4) is 0 Å². The molecule has 27 heavy (non-hydrogen) atoms. The normalized spacial score (nSPS) is 13.0. The zero-order valence-corrected chi connectivity index (χ0v) is 17.6. The number of hydrogen-bond acceptors (Lipinski definition) is 6. The Labute approximate surface area is 170 Å². The van der Waals surface area contributed by atoms with Crippen molar-refractivity contribution in [2.24, 2.45) is 5.18 Å². The van der Waals surface area contributed by atoms with Crippen LogP contribution in [0.2, 0.25) is 0 Å². The van der Waals surface area contributed by atoms with Gasteiger partial charge in [-0.3, -0.25) is 0 Å². The standard InChI is InChI=1S/C21H27N3OS2/c1-18(22-2)11-6-4-5-7-12-19(26-3)13-10-16-27-21-15-9-8-14-20(21)23-17-24-25/h4-15,22-23H,16-17H2,1-3H3/b6-4+,7-5+,13-10+,18-11+,19-12-. The zero-order chi connectivity index (χ0) is 19.7. The molecule has 1 aromatic rings. The Morgan fingerprint density at radius 2 is 1.89 bits per heavy atom. The molecule has 0 aliphatic carbocycles. The van der Waals surface area contributed by atoms with E-state index < -0.39 is 0 Å². The zero-order valence-electron chi connectivity index (χ0n) is 16.0. The van der Waals surface area contributed by atoms with E-state index in [1.54, 1.807) is 23.5 Å². The van der Waals surface area contributed by atoms with E-state index in [9.17, 15) is 4.91 Å². The Kier molecular flexibility index (Phi) is 12.6. The van der Waals surface area contributed by atoms with Crippen LogP contribution in [0, 0.1) is 4.91 Å². The fraction of sp³-hybridized carbons (Fsp3) is 0.238. The number of rotatable bonds is 12. The Morgan fingerprint density at radius 3 is 2.59 bits per heavy atom. The van der Waals surface area contributed by atoms with Gasteiger partial charge in [-0.1, -0.05) is 48.6 Å². The van der Waals surface area contributed by atoms with Gasteiger partial charge >= 0.3 is 0 Å². The molecule has 0 aliphatic rings. The summed E-state index contributed by atoms with van der Waals surface area (Å²) in [5, 5.41) is 8.94. The number of nitroso groups, excluding NO2 is 1. The van der Waals surface area contributed by atoms with Crippen LogP contribution in [0.25, 0.3) is 0 Å². The summed E-state index contributed by atoms with van der Waals surface area (Å²) in [6.45, 7) is 2.11. The molecule has 0 radical (unpaired) electrons. The van der Waals surface area contributed by atoms with Crippen LogP contribution in [-0.4, -0.2) is 25.7 Å². The molecule has 0 heterocycles. The first-order valence-electron chi connectivity index (χ1n) is 8.56. The second-order valence-corrected chi connectivity index (χ2v) is 7.26. The molecule has 0 amide bonds. The number of allylic oxidation sites excluding steroid dienone is 8. The second kappa shape index (κ2) is 14.9. The maximum atomic E-state index is 10.3. The molecule has 0 aromatic heterocycles. The fourth-order valence-electron chi connectivity index (χ4n) is 1.91. The van der Waals surface area contributed by atoms with Crippen molar-refractivity contribution in [3.63, 3.8) is 0 Å². The summed E-state index contributed by atoms with van der Waals surface area (Å²) in [4.78, 5) is 12.6. The van der Waals surface area contributed by atoms with Gasteiger partial charge in [-0.2, -0.15) is 0 Å². The number of nitrogens with zero attached hydrogens (tertiary/aromatic N) is 1. The van der Waals surface area contributed by atoms with Crippen LogP contribution in [0.4, 0.5) is 5.69 Å². The Hall–Kier alpha value is -2.18. The average Bonchev–Trinajstić information content (AvgIpc) is 2.70. The molecule has 0 fully saturated rings. The van der Waals surface area contributed by atoms with Crippen LogP contribution in [0.5, 0.6) is 0 Å². The highest BCUT2D eigenvalue weighted by Crippen LogP contribution is 2.27. The average molecular weight is 402 g/mol. The van der Waals surface area contributed by atoms with Crippen molar-refractivity contribution < 1.29 is 0 Å². The van der Waals surface area contributed by atoms with E-state index in [4.69, 9.17) is 0 Å². The van der Waals surface area contributed by atoms with Gasteiger partial charge in [0.05, 0.1) is 0 Å². The lowest BCUT2D eigenvalue weighted by atomic mass is 10.3. The molecule has 0 unspecified atom stereocenters. The number of anilines is 1. The number of nitrogens with one attached hydrogen (secondary N) is 2. The van der Waals surface area contributed by atoms with Crippen molar-refractivity contribution in [2.75, 3.05) is 31.0 Å². The fourth-order valence-corrected chi connectivity index (χ4v) is 3.20. The van der Waals surface area contributed by atoms with Crippen molar-refractivity contribution in [1.82, 2.24) is 5.32 Å². The number of benzene rings is 1. The molecular formula is C21H27N3OS2. The molecule has 0 saturated carbocycles. The highest BCUT2D eigenvalue weighted by molar-refractivity contribution is 8.02. The SMILES string of the molecule is CN/C(C)=C/C=C/C=C/C=C(/C=C/CSc1ccccc1NCN=O)SC. The minimum Gasteiger partial charge on any atom is -0.392 e. The monoisotopic (exact) mass is 401 g/mol. The van der Waals surface area contributed by atoms with Crippen molar-refractivity contribution in [3.05, 3.63) is 88.4 Å². The lowest BCUT2D eigenvalue weighted by molar-refractivity contribution is 0.990. The third-order valence-electron chi connectivity index (χ3n) is 3.41. The van der Waals surface area contributed by atoms with Gasteiger partial charge in [0, 0.05) is 34.0 Å². The quantitative estimate of drug-likeness (QED) is 0.257. The summed E-state index contributed by atoms with van der Waals surface area (Å²) in [6, 6.07) is 7.93. The predicted molar refractivity (Wildman–Crippen MR) is 123 cm³/mol. The molecule has 0 atom stereocenters. The molecule has 1 aromatic carbocycles. The van der Waals surface area contributed by atoms with E-state index in [1.807, 2.05) is 68.6 Å². The topological polar surface area (TPSA) is 53.5 Å². The highest BCUT2D eigenvalue weighted by atomic mass is 32.2. The smallest absolute Gasteiger partial charge is 0.150 e. The van der Waals surface area contributed by atoms with E-state index in [-0.39, 0.29) is 6.67 Å². The van der Waals surface area contributed by atoms with Gasteiger partial charge in [0.2, 0.25) is 0 Å². The second-order valence-electron chi connectivity index (χ2n) is 5.32. The van der Waals surface area contributed by atoms with Crippen LogP contribution in [0.1, 0.15) is 6.92 Å². The Balaban J connectivity index is 2.53. The van der Waals surface area contributed by atoms with Crippen molar-refractivity contribution in [2.45, 2.75) is 11.8 Å². The minimum absolute atomic E-state index is 0.0812. The Bertz CT molecular complexity index is 722. The van der Waals surface area contributed by atoms with Crippen LogP contribution in [-0.2, 0) is 0 Å². The molecule has 0 aliphatic heterocycles. The predicted octanol–water partition coefficient (Wildman–Crippen LogP) is 5.95. The molecule has 6 heteroatoms. The molecule has 0 saturated heterocycles. The van der Waals surface area contributed by atoms with E-state index in [0.29, 0.717) is 0 Å². The lowest BCUT2D eigenvalue weighted by Crippen LogP contribution is -2.00. The summed E-state index contributed by atoms with van der Waals surface area (Å²) in [7, 11) is 1.91. The molecule has 1 rings (SSSR count). The summed E-state index contributed by atoms with van der Waals surface area (Å²) in [6.07, 6.45) is 18.5. The minimum atomic E-state index is 0.0812. The van der Waals surface area contributed by atoms with Gasteiger partial charge in [0.1, 0.15) is 6.67 Å². The summed E-state index contributed by atoms with van der Waals surface area (Å²) < 4.78 is 0. The van der Waals surface area contributed by atoms with Crippen LogP contribution in [0.3, 0.4) is 0 Å². The maximum Gasteiger partial charge on any atom is 0.150 e. The van der Waals surface area contributed by atoms with E-state index in [0.717, 1.165) is 22.0 Å². The first kappa shape index (κ1) is 22.9. The van der Waals surface area contributed by atoms with Crippen molar-refractivity contribution in [1.29, 1.82) is 0 Å². The third-order valence-corrected chi connectivity index (χ3v) is 5.18. The van der Waals surface area contributed by atoms with Crippen LogP contribution < -0.4 is 10.6 Å². The van der Waals surface area contributed by atoms with Gasteiger partial charge in [-0.25, -0.2) is 0 Å². The van der Waals surface area contributed by atoms with E-state index in [2.05, 4.69) is 40.3 Å². The summed E-state index contributed by atoms with van der Waals surface area (Å²) >= 11 is 3.43. The Morgan fingerprint density at radius 1 is 1.15 bits per heavy atom. The van der Waals surface area contributed by atoms with Gasteiger partial charge < -0.3 is 10.6 Å². The number of thioether (sulfide) groups is 2. The summed E-state index contributed by atoms with van der Waals surface area (Å²) in [5.74, 6) is 0.850. The van der Waals surface area contributed by atoms with Gasteiger partial charge in [0.15, 0.2) is 0 Å². The molecule has 4 nitrogen and oxygen atoms in total. The number of para-hydroxylation sites is 1. The summed E-state index contributed by atoms with van der Waals surface area (Å²) in [5.41, 5.74) is 2.06. The van der Waals surface area contributed by atoms with Crippen LogP contribution in [0.15, 0.2) is 93.5 Å². The van der Waals surface area contributed by atoms with Crippen LogP contribution >= 0.6 is 23.5 Å². The van der Waals surface area contributed by atoms with Crippen molar-refractivity contribution >= 4 is 29.2 Å². The molecule has 0 bridgehead atoms. The lowest BCUT2D eigenvalue weighted by Gasteiger charge is -2.07. The third kappa shape index (κ3) is 10.5. The molecular weight excluding hydrogens is 374 g/mol. The molecule has 2 N–H and O–H groups in total. The van der Waals surface area contributed by atoms with Gasteiger partial charge in [-0.15, -0.1) is 28.4 Å².